The number of ether oxygens (including phenoxy) is 1. The Morgan fingerprint density at radius 2 is 1.44 bits per heavy atom. The van der Waals surface area contributed by atoms with Crippen molar-refractivity contribution in [2.75, 3.05) is 0 Å². The van der Waals surface area contributed by atoms with Gasteiger partial charge in [-0.15, -0.1) is 0 Å². The average Bonchev–Trinajstić information content (AvgIpc) is 2.94. The number of aliphatic imine (C=N–C) groups is 1. The molecule has 4 aromatic rings. The van der Waals surface area contributed by atoms with Gasteiger partial charge in [-0.05, 0) is 61.2 Å². The first-order chi connectivity index (χ1) is 19.5. The molecule has 3 heteroatoms. The molecule has 0 bridgehead atoms. The highest BCUT2D eigenvalue weighted by molar-refractivity contribution is 7.49. The lowest BCUT2D eigenvalue weighted by molar-refractivity contribution is 0.290. The van der Waals surface area contributed by atoms with Crippen LogP contribution >= 0.6 is 8.58 Å². The van der Waals surface area contributed by atoms with E-state index in [2.05, 4.69) is 128 Å². The van der Waals surface area contributed by atoms with Gasteiger partial charge in [0.15, 0.2) is 0 Å². The van der Waals surface area contributed by atoms with Crippen molar-refractivity contribution in [1.29, 1.82) is 0 Å². The quantitative estimate of drug-likeness (QED) is 0.139. The molecule has 0 aliphatic heterocycles. The zero-order valence-electron chi connectivity index (χ0n) is 26.1. The molecule has 41 heavy (non-hydrogen) atoms. The number of hydrogen-bond acceptors (Lipinski definition) is 2. The van der Waals surface area contributed by atoms with Gasteiger partial charge in [-0.1, -0.05) is 134 Å². The molecule has 0 heterocycles. The molecule has 0 N–H and O–H groups in total. The Bertz CT molecular complexity index is 1480. The third-order valence-corrected chi connectivity index (χ3v) is 9.71. The molecule has 2 unspecified atom stereocenters. The van der Waals surface area contributed by atoms with Crippen molar-refractivity contribution in [2.45, 2.75) is 85.4 Å². The number of benzene rings is 4. The lowest BCUT2D eigenvalue weighted by Gasteiger charge is -2.36. The predicted octanol–water partition coefficient (Wildman–Crippen LogP) is 10.3. The lowest BCUT2D eigenvalue weighted by atomic mass is 9.81. The van der Waals surface area contributed by atoms with Crippen LogP contribution in [0.15, 0.2) is 96.0 Å². The maximum Gasteiger partial charge on any atom is 0.127 e. The van der Waals surface area contributed by atoms with E-state index < -0.39 is 0 Å². The molecule has 0 aliphatic carbocycles. The Kier molecular flexibility index (Phi) is 9.88. The SMILES string of the molecule is CCCC(C)(Pc1c(C)cccc1/C(C)=N/c1ccccc1)c1cc(C)cc(C(C)(C)C)c1OCc1ccccc1. The van der Waals surface area contributed by atoms with Gasteiger partial charge in [-0.3, -0.25) is 4.99 Å². The summed E-state index contributed by atoms with van der Waals surface area (Å²) in [5.74, 6) is 1.06. The van der Waals surface area contributed by atoms with Crippen molar-refractivity contribution in [1.82, 2.24) is 0 Å². The minimum atomic E-state index is -0.0965. The van der Waals surface area contributed by atoms with Crippen molar-refractivity contribution in [2.24, 2.45) is 4.99 Å². The van der Waals surface area contributed by atoms with Gasteiger partial charge >= 0.3 is 0 Å². The summed E-state index contributed by atoms with van der Waals surface area (Å²) in [6.07, 6.45) is 2.17. The van der Waals surface area contributed by atoms with Crippen molar-refractivity contribution >= 4 is 25.3 Å². The Hall–Kier alpha value is -3.22. The Morgan fingerprint density at radius 1 is 0.805 bits per heavy atom. The van der Waals surface area contributed by atoms with E-state index in [1.165, 1.54) is 38.7 Å². The molecule has 0 amide bonds. The number of nitrogens with zero attached hydrogens (tertiary/aromatic N) is 1. The molecule has 4 aromatic carbocycles. The second-order valence-electron chi connectivity index (χ2n) is 12.5. The first-order valence-corrected chi connectivity index (χ1v) is 15.8. The fraction of sp³-hybridized carbons (Fsp3) is 0.342. The van der Waals surface area contributed by atoms with E-state index >= 15 is 0 Å². The van der Waals surface area contributed by atoms with Crippen molar-refractivity contribution in [3.8, 4) is 5.75 Å². The summed E-state index contributed by atoms with van der Waals surface area (Å²) in [5, 5.41) is 1.30. The summed E-state index contributed by atoms with van der Waals surface area (Å²) in [4.78, 5) is 5.02. The summed E-state index contributed by atoms with van der Waals surface area (Å²) < 4.78 is 6.83. The summed E-state index contributed by atoms with van der Waals surface area (Å²) in [5.41, 5.74) is 9.64. The topological polar surface area (TPSA) is 21.6 Å². The van der Waals surface area contributed by atoms with E-state index in [0.717, 1.165) is 30.0 Å². The second kappa shape index (κ2) is 13.2. The van der Waals surface area contributed by atoms with Gasteiger partial charge in [0.25, 0.3) is 0 Å². The van der Waals surface area contributed by atoms with E-state index in [0.29, 0.717) is 15.2 Å². The predicted molar refractivity (Wildman–Crippen MR) is 180 cm³/mol. The molecule has 2 nitrogen and oxygen atoms in total. The van der Waals surface area contributed by atoms with Crippen LogP contribution in [0, 0.1) is 13.8 Å². The third-order valence-electron chi connectivity index (χ3n) is 7.73. The van der Waals surface area contributed by atoms with Crippen LogP contribution in [0.25, 0.3) is 0 Å². The molecule has 0 aliphatic rings. The number of hydrogen-bond donors (Lipinski definition) is 0. The highest BCUT2D eigenvalue weighted by Crippen LogP contribution is 2.51. The largest absolute Gasteiger partial charge is 0.488 e. The van der Waals surface area contributed by atoms with E-state index in [4.69, 9.17) is 9.73 Å². The van der Waals surface area contributed by atoms with Crippen molar-refractivity contribution in [3.05, 3.63) is 124 Å². The van der Waals surface area contributed by atoms with Gasteiger partial charge in [0.05, 0.1) is 5.69 Å². The molecule has 214 valence electrons. The van der Waals surface area contributed by atoms with Crippen LogP contribution in [0.3, 0.4) is 0 Å². The highest BCUT2D eigenvalue weighted by Gasteiger charge is 2.34. The minimum absolute atomic E-state index is 0.0459. The van der Waals surface area contributed by atoms with Gasteiger partial charge in [-0.2, -0.15) is 0 Å². The standard InChI is InChI=1S/C38H46NOP/c1-9-23-38(8,41-36-28(3)17-16-22-32(36)29(4)39-31-20-14-11-15-21-31)34-25-27(2)24-33(37(5,6)7)35(34)40-26-30-18-12-10-13-19-30/h10-22,24-25,41H,9,23,26H2,1-8H3/b39-29+. The Balaban J connectivity index is 1.85. The summed E-state index contributed by atoms with van der Waals surface area (Å²) in [7, 11) is 0.567. The van der Waals surface area contributed by atoms with E-state index in [9.17, 15) is 0 Å². The number of para-hydroxylation sites is 1. The van der Waals surface area contributed by atoms with E-state index in [1.807, 2.05) is 18.2 Å². The van der Waals surface area contributed by atoms with Crippen LogP contribution in [0.4, 0.5) is 5.69 Å². The summed E-state index contributed by atoms with van der Waals surface area (Å²) in [6.45, 7) is 18.8. The fourth-order valence-electron chi connectivity index (χ4n) is 5.56. The van der Waals surface area contributed by atoms with Crippen LogP contribution in [-0.2, 0) is 17.2 Å². The minimum Gasteiger partial charge on any atom is -0.488 e. The third kappa shape index (κ3) is 7.55. The monoisotopic (exact) mass is 563 g/mol. The van der Waals surface area contributed by atoms with Crippen LogP contribution in [-0.4, -0.2) is 5.71 Å². The summed E-state index contributed by atoms with van der Waals surface area (Å²) >= 11 is 0. The van der Waals surface area contributed by atoms with Crippen molar-refractivity contribution < 1.29 is 4.74 Å². The van der Waals surface area contributed by atoms with Gasteiger partial charge < -0.3 is 4.74 Å². The molecule has 0 aromatic heterocycles. The first kappa shape index (κ1) is 30.7. The van der Waals surface area contributed by atoms with Crippen LogP contribution in [0.2, 0.25) is 0 Å². The molecule has 2 atom stereocenters. The van der Waals surface area contributed by atoms with Crippen molar-refractivity contribution in [3.63, 3.8) is 0 Å². The van der Waals surface area contributed by atoms with Gasteiger partial charge in [0, 0.05) is 27.6 Å². The molecular weight excluding hydrogens is 517 g/mol. The molecule has 0 saturated heterocycles. The fourth-order valence-corrected chi connectivity index (χ4v) is 7.48. The highest BCUT2D eigenvalue weighted by atomic mass is 31.1. The van der Waals surface area contributed by atoms with Crippen LogP contribution in [0.5, 0.6) is 5.75 Å². The number of rotatable bonds is 10. The molecular formula is C38H46NOP. The lowest BCUT2D eigenvalue weighted by Crippen LogP contribution is -2.26. The molecule has 0 radical (unpaired) electrons. The zero-order chi connectivity index (χ0) is 29.6. The van der Waals surface area contributed by atoms with Crippen LogP contribution in [0.1, 0.15) is 87.8 Å². The first-order valence-electron chi connectivity index (χ1n) is 14.8. The molecule has 0 saturated carbocycles. The van der Waals surface area contributed by atoms with E-state index in [1.54, 1.807) is 0 Å². The molecule has 0 spiro atoms. The van der Waals surface area contributed by atoms with Gasteiger partial charge in [0.2, 0.25) is 0 Å². The zero-order valence-corrected chi connectivity index (χ0v) is 27.1. The summed E-state index contributed by atoms with van der Waals surface area (Å²) in [6, 6.07) is 32.2. The van der Waals surface area contributed by atoms with E-state index in [-0.39, 0.29) is 10.6 Å². The maximum absolute atomic E-state index is 6.83. The smallest absolute Gasteiger partial charge is 0.127 e. The average molecular weight is 564 g/mol. The molecule has 0 fully saturated rings. The number of aryl methyl sites for hydroxylation is 2. The Morgan fingerprint density at radius 3 is 2.07 bits per heavy atom. The maximum atomic E-state index is 6.83. The van der Waals surface area contributed by atoms with Gasteiger partial charge in [0.1, 0.15) is 12.4 Å². The molecule has 4 rings (SSSR count). The Labute approximate surface area is 250 Å². The van der Waals surface area contributed by atoms with Gasteiger partial charge in [-0.25, -0.2) is 0 Å². The van der Waals surface area contributed by atoms with Crippen LogP contribution < -0.4 is 10.0 Å². The second-order valence-corrected chi connectivity index (χ2v) is 14.3. The normalized spacial score (nSPS) is 13.9.